The van der Waals surface area contributed by atoms with Gasteiger partial charge in [0.25, 0.3) is 0 Å². The topological polar surface area (TPSA) is 24.7 Å². The van der Waals surface area contributed by atoms with Crippen LogP contribution in [0, 0.1) is 0 Å². The number of azo groups is 1. The van der Waals surface area contributed by atoms with E-state index in [1.807, 2.05) is 0 Å². The Morgan fingerprint density at radius 3 is 2.88 bits per heavy atom. The monoisotopic (exact) mass is 210 g/mol. The molecule has 2 nitrogen and oxygen atoms in total. The van der Waals surface area contributed by atoms with Crippen molar-refractivity contribution in [2.45, 2.75) is 37.8 Å². The van der Waals surface area contributed by atoms with Crippen LogP contribution in [0.15, 0.2) is 40.1 Å². The summed E-state index contributed by atoms with van der Waals surface area (Å²) in [5.41, 5.74) is 6.03. The number of fused-ring (bicyclic) bond motifs is 6. The summed E-state index contributed by atoms with van der Waals surface area (Å²) in [4.78, 5) is 0. The zero-order valence-electron chi connectivity index (χ0n) is 9.19. The molecular formula is C14H14N2. The summed E-state index contributed by atoms with van der Waals surface area (Å²) in [6.45, 7) is 0. The van der Waals surface area contributed by atoms with Gasteiger partial charge in [0.2, 0.25) is 0 Å². The van der Waals surface area contributed by atoms with Crippen molar-refractivity contribution in [3.05, 3.63) is 41.0 Å². The van der Waals surface area contributed by atoms with E-state index in [2.05, 4.69) is 34.5 Å². The van der Waals surface area contributed by atoms with E-state index in [0.29, 0.717) is 12.1 Å². The molecule has 0 N–H and O–H groups in total. The van der Waals surface area contributed by atoms with Crippen LogP contribution in [0.2, 0.25) is 0 Å². The Morgan fingerprint density at radius 1 is 1.00 bits per heavy atom. The highest BCUT2D eigenvalue weighted by Gasteiger charge is 2.35. The fourth-order valence-corrected chi connectivity index (χ4v) is 3.37. The fourth-order valence-electron chi connectivity index (χ4n) is 3.37. The normalized spacial score (nSPS) is 30.2. The molecule has 0 radical (unpaired) electrons. The third-order valence-corrected chi connectivity index (χ3v) is 4.10. The molecule has 0 saturated heterocycles. The van der Waals surface area contributed by atoms with Gasteiger partial charge in [0.15, 0.2) is 0 Å². The molecule has 80 valence electrons. The lowest BCUT2D eigenvalue weighted by Crippen LogP contribution is -2.03. The molecule has 2 unspecified atom stereocenters. The largest absolute Gasteiger partial charge is 0.186 e. The van der Waals surface area contributed by atoms with Crippen molar-refractivity contribution in [2.24, 2.45) is 10.2 Å². The Morgan fingerprint density at radius 2 is 1.88 bits per heavy atom. The standard InChI is InChI=1S/C14H14N2/c1-2-5-11-9(4-1)10-6-3-7-12(10)14-8-13(11)15-16-14/h1-2,4-5,13-14H,3,6-8H2. The van der Waals surface area contributed by atoms with Crippen LogP contribution in [0.4, 0.5) is 0 Å². The van der Waals surface area contributed by atoms with Gasteiger partial charge in [-0.2, -0.15) is 10.2 Å². The quantitative estimate of drug-likeness (QED) is 0.620. The molecule has 1 heterocycles. The van der Waals surface area contributed by atoms with Crippen molar-refractivity contribution in [3.63, 3.8) is 0 Å². The average molecular weight is 210 g/mol. The Labute approximate surface area is 95.1 Å². The molecule has 1 aromatic rings. The lowest BCUT2D eigenvalue weighted by molar-refractivity contribution is 0.674. The summed E-state index contributed by atoms with van der Waals surface area (Å²) in [7, 11) is 0. The maximum atomic E-state index is 4.47. The van der Waals surface area contributed by atoms with Gasteiger partial charge in [0.1, 0.15) is 0 Å². The lowest BCUT2D eigenvalue weighted by Gasteiger charge is -2.12. The number of rotatable bonds is 0. The molecule has 1 aliphatic heterocycles. The van der Waals surface area contributed by atoms with Gasteiger partial charge in [-0.3, -0.25) is 0 Å². The second kappa shape index (κ2) is 3.03. The van der Waals surface area contributed by atoms with Gasteiger partial charge in [0.05, 0.1) is 12.1 Å². The van der Waals surface area contributed by atoms with E-state index >= 15 is 0 Å². The molecular weight excluding hydrogens is 196 g/mol. The van der Waals surface area contributed by atoms with Gasteiger partial charge in [-0.05, 0) is 41.5 Å². The number of hydrogen-bond acceptors (Lipinski definition) is 2. The van der Waals surface area contributed by atoms with Crippen LogP contribution in [0.25, 0.3) is 5.57 Å². The molecule has 0 saturated carbocycles. The third kappa shape index (κ3) is 1.02. The molecule has 2 atom stereocenters. The van der Waals surface area contributed by atoms with Gasteiger partial charge in [-0.15, -0.1) is 0 Å². The van der Waals surface area contributed by atoms with Crippen molar-refractivity contribution in [2.75, 3.05) is 0 Å². The first-order valence-electron chi connectivity index (χ1n) is 6.14. The van der Waals surface area contributed by atoms with Gasteiger partial charge >= 0.3 is 0 Å². The molecule has 3 aliphatic rings. The molecule has 0 aromatic heterocycles. The van der Waals surface area contributed by atoms with E-state index in [0.717, 1.165) is 6.42 Å². The van der Waals surface area contributed by atoms with E-state index in [1.165, 1.54) is 30.4 Å². The number of allylic oxidation sites excluding steroid dienone is 1. The number of hydrogen-bond donors (Lipinski definition) is 0. The molecule has 2 heteroatoms. The van der Waals surface area contributed by atoms with E-state index in [1.54, 1.807) is 11.1 Å². The summed E-state index contributed by atoms with van der Waals surface area (Å²) in [6.07, 6.45) is 4.89. The molecule has 16 heavy (non-hydrogen) atoms. The van der Waals surface area contributed by atoms with Gasteiger partial charge in [-0.25, -0.2) is 0 Å². The van der Waals surface area contributed by atoms with Crippen molar-refractivity contribution >= 4 is 5.57 Å². The van der Waals surface area contributed by atoms with E-state index in [4.69, 9.17) is 0 Å². The molecule has 0 spiro atoms. The predicted octanol–water partition coefficient (Wildman–Crippen LogP) is 3.90. The second-order valence-electron chi connectivity index (χ2n) is 4.94. The van der Waals surface area contributed by atoms with E-state index in [9.17, 15) is 0 Å². The maximum Gasteiger partial charge on any atom is 0.0988 e. The summed E-state index contributed by atoms with van der Waals surface area (Å²) in [5.74, 6) is 0. The van der Waals surface area contributed by atoms with Crippen LogP contribution in [0.3, 0.4) is 0 Å². The zero-order valence-corrected chi connectivity index (χ0v) is 9.19. The van der Waals surface area contributed by atoms with Crippen LogP contribution in [0.5, 0.6) is 0 Å². The van der Waals surface area contributed by atoms with Gasteiger partial charge < -0.3 is 0 Å². The SMILES string of the molecule is c1ccc2c(c1)C1=C(CCC1)C1CC2N=N1. The van der Waals surface area contributed by atoms with Crippen molar-refractivity contribution < 1.29 is 0 Å². The summed E-state index contributed by atoms with van der Waals surface area (Å²) in [5, 5.41) is 8.92. The first-order valence-corrected chi connectivity index (χ1v) is 6.14. The highest BCUT2D eigenvalue weighted by Crippen LogP contribution is 2.48. The predicted molar refractivity (Wildman–Crippen MR) is 63.2 cm³/mol. The molecule has 0 fully saturated rings. The Hall–Kier alpha value is -1.44. The lowest BCUT2D eigenvalue weighted by atomic mass is 9.95. The van der Waals surface area contributed by atoms with Crippen LogP contribution < -0.4 is 0 Å². The van der Waals surface area contributed by atoms with Crippen molar-refractivity contribution in [1.82, 2.24) is 0 Å². The van der Waals surface area contributed by atoms with Crippen molar-refractivity contribution in [1.29, 1.82) is 0 Å². The molecule has 1 aromatic carbocycles. The first kappa shape index (κ1) is 8.68. The van der Waals surface area contributed by atoms with Gasteiger partial charge in [-0.1, -0.05) is 24.3 Å². The van der Waals surface area contributed by atoms with Crippen LogP contribution >= 0.6 is 0 Å². The number of benzene rings is 1. The molecule has 2 aliphatic carbocycles. The minimum absolute atomic E-state index is 0.326. The highest BCUT2D eigenvalue weighted by atomic mass is 15.2. The number of nitrogens with zero attached hydrogens (tertiary/aromatic N) is 2. The van der Waals surface area contributed by atoms with Gasteiger partial charge in [0, 0.05) is 6.42 Å². The smallest absolute Gasteiger partial charge is 0.0988 e. The Bertz CT molecular complexity index is 513. The van der Waals surface area contributed by atoms with E-state index in [-0.39, 0.29) is 0 Å². The first-order chi connectivity index (χ1) is 7.93. The molecule has 0 amide bonds. The minimum Gasteiger partial charge on any atom is -0.186 e. The van der Waals surface area contributed by atoms with E-state index < -0.39 is 0 Å². The van der Waals surface area contributed by atoms with Crippen molar-refractivity contribution in [3.8, 4) is 0 Å². The summed E-state index contributed by atoms with van der Waals surface area (Å²) in [6, 6.07) is 9.50. The summed E-state index contributed by atoms with van der Waals surface area (Å²) < 4.78 is 0. The highest BCUT2D eigenvalue weighted by molar-refractivity contribution is 5.75. The fraction of sp³-hybridized carbons (Fsp3) is 0.429. The maximum absolute atomic E-state index is 4.47. The molecule has 4 rings (SSSR count). The van der Waals surface area contributed by atoms with Crippen LogP contribution in [-0.4, -0.2) is 6.04 Å². The minimum atomic E-state index is 0.326. The Balaban J connectivity index is 2.02. The average Bonchev–Trinajstić information content (AvgIpc) is 2.94. The zero-order chi connectivity index (χ0) is 10.5. The van der Waals surface area contributed by atoms with Crippen LogP contribution in [0.1, 0.15) is 42.9 Å². The third-order valence-electron chi connectivity index (χ3n) is 4.10. The second-order valence-corrected chi connectivity index (χ2v) is 4.94. The Kier molecular flexibility index (Phi) is 1.65. The molecule has 2 bridgehead atoms. The summed E-state index contributed by atoms with van der Waals surface area (Å²) >= 11 is 0. The van der Waals surface area contributed by atoms with Crippen LogP contribution in [-0.2, 0) is 0 Å².